The van der Waals surface area contributed by atoms with E-state index in [-0.39, 0.29) is 0 Å². The molecule has 0 unspecified atom stereocenters. The summed E-state index contributed by atoms with van der Waals surface area (Å²) in [7, 11) is 0. The first kappa shape index (κ1) is 13.4. The SMILES string of the molecule is CCCC1CCN(CCN2CCCCC2)CC1. The van der Waals surface area contributed by atoms with Crippen LogP contribution in [0, 0.1) is 5.92 Å². The molecule has 0 aliphatic carbocycles. The predicted molar refractivity (Wildman–Crippen MR) is 74.4 cm³/mol. The van der Waals surface area contributed by atoms with Gasteiger partial charge < -0.3 is 9.80 Å². The zero-order valence-electron chi connectivity index (χ0n) is 11.7. The van der Waals surface area contributed by atoms with Crippen molar-refractivity contribution in [2.45, 2.75) is 51.9 Å². The summed E-state index contributed by atoms with van der Waals surface area (Å²) in [6.45, 7) is 10.4. The van der Waals surface area contributed by atoms with E-state index < -0.39 is 0 Å². The van der Waals surface area contributed by atoms with Crippen molar-refractivity contribution in [3.63, 3.8) is 0 Å². The molecular formula is C15H30N2. The fourth-order valence-corrected chi connectivity index (χ4v) is 3.37. The molecule has 0 saturated carbocycles. The van der Waals surface area contributed by atoms with Crippen molar-refractivity contribution in [3.05, 3.63) is 0 Å². The summed E-state index contributed by atoms with van der Waals surface area (Å²) in [4.78, 5) is 5.36. The summed E-state index contributed by atoms with van der Waals surface area (Å²) in [5.41, 5.74) is 0. The van der Waals surface area contributed by atoms with E-state index in [2.05, 4.69) is 16.7 Å². The molecule has 2 aliphatic rings. The number of likely N-dealkylation sites (tertiary alicyclic amines) is 2. The minimum atomic E-state index is 1.03. The Morgan fingerprint density at radius 3 is 2.00 bits per heavy atom. The quantitative estimate of drug-likeness (QED) is 0.726. The lowest BCUT2D eigenvalue weighted by atomic mass is 9.92. The minimum absolute atomic E-state index is 1.03. The Bertz CT molecular complexity index is 191. The molecule has 2 fully saturated rings. The lowest BCUT2D eigenvalue weighted by Crippen LogP contribution is -2.41. The average molecular weight is 238 g/mol. The van der Waals surface area contributed by atoms with Crippen LogP contribution in [0.25, 0.3) is 0 Å². The van der Waals surface area contributed by atoms with Crippen LogP contribution < -0.4 is 0 Å². The number of rotatable bonds is 5. The van der Waals surface area contributed by atoms with Gasteiger partial charge in [-0.05, 0) is 57.8 Å². The van der Waals surface area contributed by atoms with Gasteiger partial charge in [-0.1, -0.05) is 26.2 Å². The second-order valence-electron chi connectivity index (χ2n) is 5.98. The van der Waals surface area contributed by atoms with Gasteiger partial charge in [0.2, 0.25) is 0 Å². The van der Waals surface area contributed by atoms with Gasteiger partial charge in [0.05, 0.1) is 0 Å². The molecule has 0 amide bonds. The van der Waals surface area contributed by atoms with E-state index in [9.17, 15) is 0 Å². The molecular weight excluding hydrogens is 208 g/mol. The molecule has 0 aromatic carbocycles. The van der Waals surface area contributed by atoms with Crippen LogP contribution in [-0.2, 0) is 0 Å². The Balaban J connectivity index is 1.57. The van der Waals surface area contributed by atoms with Crippen molar-refractivity contribution >= 4 is 0 Å². The van der Waals surface area contributed by atoms with E-state index in [0.29, 0.717) is 0 Å². The van der Waals surface area contributed by atoms with Gasteiger partial charge in [0.25, 0.3) is 0 Å². The first-order valence-electron chi connectivity index (χ1n) is 7.83. The molecule has 0 radical (unpaired) electrons. The average Bonchev–Trinajstić information content (AvgIpc) is 2.40. The molecule has 0 spiro atoms. The molecule has 0 aromatic rings. The summed E-state index contributed by atoms with van der Waals surface area (Å²) >= 11 is 0. The highest BCUT2D eigenvalue weighted by atomic mass is 15.2. The Morgan fingerprint density at radius 2 is 1.41 bits per heavy atom. The highest BCUT2D eigenvalue weighted by Gasteiger charge is 2.19. The molecule has 2 heterocycles. The van der Waals surface area contributed by atoms with Gasteiger partial charge >= 0.3 is 0 Å². The Morgan fingerprint density at radius 1 is 0.824 bits per heavy atom. The third-order valence-electron chi connectivity index (χ3n) is 4.59. The fraction of sp³-hybridized carbons (Fsp3) is 1.00. The van der Waals surface area contributed by atoms with Crippen LogP contribution in [-0.4, -0.2) is 49.1 Å². The first-order valence-corrected chi connectivity index (χ1v) is 7.83. The monoisotopic (exact) mass is 238 g/mol. The topological polar surface area (TPSA) is 6.48 Å². The van der Waals surface area contributed by atoms with Gasteiger partial charge in [0.1, 0.15) is 0 Å². The number of piperidine rings is 2. The van der Waals surface area contributed by atoms with Gasteiger partial charge in [-0.25, -0.2) is 0 Å². The molecule has 2 rings (SSSR count). The van der Waals surface area contributed by atoms with E-state index >= 15 is 0 Å². The van der Waals surface area contributed by atoms with E-state index in [0.717, 1.165) is 5.92 Å². The maximum Gasteiger partial charge on any atom is 0.0109 e. The van der Waals surface area contributed by atoms with Crippen molar-refractivity contribution in [3.8, 4) is 0 Å². The zero-order chi connectivity index (χ0) is 11.9. The summed E-state index contributed by atoms with van der Waals surface area (Å²) < 4.78 is 0. The first-order chi connectivity index (χ1) is 8.38. The van der Waals surface area contributed by atoms with Crippen LogP contribution in [0.2, 0.25) is 0 Å². The zero-order valence-corrected chi connectivity index (χ0v) is 11.7. The summed E-state index contributed by atoms with van der Waals surface area (Å²) in [6, 6.07) is 0. The third-order valence-corrected chi connectivity index (χ3v) is 4.59. The molecule has 100 valence electrons. The van der Waals surface area contributed by atoms with Gasteiger partial charge in [0.15, 0.2) is 0 Å². The van der Waals surface area contributed by atoms with Gasteiger partial charge in [-0.15, -0.1) is 0 Å². The van der Waals surface area contributed by atoms with Gasteiger partial charge in [0, 0.05) is 13.1 Å². The highest BCUT2D eigenvalue weighted by Crippen LogP contribution is 2.21. The Hall–Kier alpha value is -0.0800. The van der Waals surface area contributed by atoms with E-state index in [4.69, 9.17) is 0 Å². The van der Waals surface area contributed by atoms with Crippen LogP contribution in [0.3, 0.4) is 0 Å². The molecule has 2 heteroatoms. The highest BCUT2D eigenvalue weighted by molar-refractivity contribution is 4.74. The van der Waals surface area contributed by atoms with E-state index in [1.54, 1.807) is 0 Å². The predicted octanol–water partition coefficient (Wildman–Crippen LogP) is 2.98. The number of nitrogens with zero attached hydrogens (tertiary/aromatic N) is 2. The number of hydrogen-bond acceptors (Lipinski definition) is 2. The Kier molecular flexibility index (Phi) is 5.79. The molecule has 0 N–H and O–H groups in total. The summed E-state index contributed by atoms with van der Waals surface area (Å²) in [5, 5.41) is 0. The molecule has 17 heavy (non-hydrogen) atoms. The maximum absolute atomic E-state index is 2.70. The fourth-order valence-electron chi connectivity index (χ4n) is 3.37. The molecule has 2 aliphatic heterocycles. The molecule has 0 bridgehead atoms. The standard InChI is InChI=1S/C15H30N2/c1-2-6-15-7-11-17(12-8-15)14-13-16-9-4-3-5-10-16/h15H,2-14H2,1H3. The summed E-state index contributed by atoms with van der Waals surface area (Å²) in [6.07, 6.45) is 10.1. The van der Waals surface area contributed by atoms with E-state index in [1.807, 2.05) is 0 Å². The van der Waals surface area contributed by atoms with Gasteiger partial charge in [-0.3, -0.25) is 0 Å². The van der Waals surface area contributed by atoms with Gasteiger partial charge in [-0.2, -0.15) is 0 Å². The smallest absolute Gasteiger partial charge is 0.0109 e. The Labute approximate surface area is 107 Å². The minimum Gasteiger partial charge on any atom is -0.302 e. The van der Waals surface area contributed by atoms with Crippen molar-refractivity contribution in [1.82, 2.24) is 9.80 Å². The van der Waals surface area contributed by atoms with Crippen molar-refractivity contribution in [2.24, 2.45) is 5.92 Å². The second-order valence-corrected chi connectivity index (χ2v) is 5.98. The van der Waals surface area contributed by atoms with Crippen LogP contribution in [0.4, 0.5) is 0 Å². The maximum atomic E-state index is 2.70. The normalized spacial score (nSPS) is 25.2. The third kappa shape index (κ3) is 4.59. The van der Waals surface area contributed by atoms with Crippen LogP contribution in [0.15, 0.2) is 0 Å². The van der Waals surface area contributed by atoms with Crippen LogP contribution >= 0.6 is 0 Å². The molecule has 0 aromatic heterocycles. The van der Waals surface area contributed by atoms with Crippen molar-refractivity contribution in [2.75, 3.05) is 39.3 Å². The second kappa shape index (κ2) is 7.38. The largest absolute Gasteiger partial charge is 0.302 e. The van der Waals surface area contributed by atoms with Crippen LogP contribution in [0.5, 0.6) is 0 Å². The number of hydrogen-bond donors (Lipinski definition) is 0. The molecule has 0 atom stereocenters. The lowest BCUT2D eigenvalue weighted by Gasteiger charge is -2.34. The molecule has 2 nitrogen and oxygen atoms in total. The van der Waals surface area contributed by atoms with Crippen molar-refractivity contribution in [1.29, 1.82) is 0 Å². The van der Waals surface area contributed by atoms with Crippen LogP contribution in [0.1, 0.15) is 51.9 Å². The summed E-state index contributed by atoms with van der Waals surface area (Å²) in [5.74, 6) is 1.03. The van der Waals surface area contributed by atoms with Crippen molar-refractivity contribution < 1.29 is 0 Å². The lowest BCUT2D eigenvalue weighted by molar-refractivity contribution is 0.143. The molecule has 2 saturated heterocycles. The van der Waals surface area contributed by atoms with E-state index in [1.165, 1.54) is 84.2 Å².